The van der Waals surface area contributed by atoms with Crippen molar-refractivity contribution in [3.63, 3.8) is 0 Å². The van der Waals surface area contributed by atoms with Crippen molar-refractivity contribution in [2.75, 3.05) is 46.1 Å². The molecular formula is C31H45N3O9. The molecule has 4 rings (SSSR count). The standard InChI is InChI=1S/C31H45N3O9/c35-27(21-41-23-10-5-2-6-11-23)32-26-20-42-28(36)13-7-12-24(19-34-14-16-40-17-15-34)43-31(39)29(37)25(33-30(26)38)18-22-8-3-1-4-9-22/h2,5-6,10-11,22,24-26,29,37H,1,3-4,7-9,12-21H2,(H,32,35)(H,33,38)/t24?,25-,26?,29+/m0/s1. The molecule has 0 radical (unpaired) electrons. The SMILES string of the molecule is O=C(COc1ccccc1)NC1COC(=O)CCCC(CN2CCOCC2)OC(=O)[C@H](O)[C@H](CC2CCCCC2)NC1=O. The minimum Gasteiger partial charge on any atom is -0.484 e. The van der Waals surface area contributed by atoms with E-state index in [4.69, 9.17) is 18.9 Å². The first kappa shape index (κ1) is 32.7. The highest BCUT2D eigenvalue weighted by atomic mass is 16.6. The van der Waals surface area contributed by atoms with Crippen molar-refractivity contribution < 1.29 is 43.2 Å². The molecule has 4 atom stereocenters. The Balaban J connectivity index is 1.46. The smallest absolute Gasteiger partial charge is 0.337 e. The summed E-state index contributed by atoms with van der Waals surface area (Å²) >= 11 is 0. The highest BCUT2D eigenvalue weighted by molar-refractivity contribution is 5.89. The monoisotopic (exact) mass is 603 g/mol. The zero-order chi connectivity index (χ0) is 30.4. The average molecular weight is 604 g/mol. The number of rotatable bonds is 8. The number of carbonyl (C=O) groups excluding carboxylic acids is 4. The lowest BCUT2D eigenvalue weighted by molar-refractivity contribution is -0.163. The Morgan fingerprint density at radius 3 is 2.51 bits per heavy atom. The molecule has 3 fully saturated rings. The third-order valence-corrected chi connectivity index (χ3v) is 8.19. The van der Waals surface area contributed by atoms with Gasteiger partial charge in [-0.15, -0.1) is 0 Å². The van der Waals surface area contributed by atoms with Gasteiger partial charge >= 0.3 is 11.9 Å². The molecular weight excluding hydrogens is 558 g/mol. The molecule has 1 saturated carbocycles. The van der Waals surface area contributed by atoms with Crippen molar-refractivity contribution >= 4 is 23.8 Å². The third kappa shape index (κ3) is 11.1. The van der Waals surface area contributed by atoms with E-state index < -0.39 is 54.7 Å². The van der Waals surface area contributed by atoms with Crippen LogP contribution in [0.3, 0.4) is 0 Å². The maximum Gasteiger partial charge on any atom is 0.337 e. The van der Waals surface area contributed by atoms with Crippen LogP contribution >= 0.6 is 0 Å². The fourth-order valence-corrected chi connectivity index (χ4v) is 5.80. The highest BCUT2D eigenvalue weighted by Gasteiger charge is 2.36. The van der Waals surface area contributed by atoms with Crippen molar-refractivity contribution in [3.05, 3.63) is 30.3 Å². The number of nitrogens with zero attached hydrogens (tertiary/aromatic N) is 1. The molecule has 0 bridgehead atoms. The largest absolute Gasteiger partial charge is 0.484 e. The van der Waals surface area contributed by atoms with Crippen LogP contribution in [0.4, 0.5) is 0 Å². The lowest BCUT2D eigenvalue weighted by Crippen LogP contribution is -2.57. The Morgan fingerprint density at radius 1 is 1.02 bits per heavy atom. The topological polar surface area (TPSA) is 153 Å². The molecule has 12 heteroatoms. The number of cyclic esters (lactones) is 2. The summed E-state index contributed by atoms with van der Waals surface area (Å²) in [5.74, 6) is -1.89. The number of ether oxygens (including phenoxy) is 4. The summed E-state index contributed by atoms with van der Waals surface area (Å²) in [4.78, 5) is 54.2. The minimum atomic E-state index is -1.60. The third-order valence-electron chi connectivity index (χ3n) is 8.19. The van der Waals surface area contributed by atoms with Crippen molar-refractivity contribution in [2.45, 2.75) is 82.1 Å². The van der Waals surface area contributed by atoms with E-state index in [1.165, 1.54) is 0 Å². The normalized spacial score (nSPS) is 27.2. The van der Waals surface area contributed by atoms with Gasteiger partial charge in [-0.1, -0.05) is 50.3 Å². The van der Waals surface area contributed by atoms with Gasteiger partial charge in [0.2, 0.25) is 5.91 Å². The number of carbonyl (C=O) groups is 4. The van der Waals surface area contributed by atoms with Gasteiger partial charge in [0.15, 0.2) is 12.7 Å². The number of para-hydroxylation sites is 1. The Kier molecular flexibility index (Phi) is 13.1. The number of morpholine rings is 1. The molecule has 0 aromatic heterocycles. The number of aliphatic hydroxyl groups is 1. The fourth-order valence-electron chi connectivity index (χ4n) is 5.80. The van der Waals surface area contributed by atoms with Crippen molar-refractivity contribution in [1.82, 2.24) is 15.5 Å². The van der Waals surface area contributed by atoms with E-state index in [0.717, 1.165) is 32.1 Å². The van der Waals surface area contributed by atoms with Crippen LogP contribution in [0.25, 0.3) is 0 Å². The van der Waals surface area contributed by atoms with Crippen molar-refractivity contribution in [1.29, 1.82) is 0 Å². The number of hydrogen-bond donors (Lipinski definition) is 3. The van der Waals surface area contributed by atoms with Gasteiger partial charge in [0.05, 0.1) is 19.3 Å². The number of nitrogens with one attached hydrogen (secondary N) is 2. The lowest BCUT2D eigenvalue weighted by Gasteiger charge is -2.33. The molecule has 1 aromatic carbocycles. The van der Waals surface area contributed by atoms with E-state index in [0.29, 0.717) is 57.9 Å². The molecule has 3 N–H and O–H groups in total. The fraction of sp³-hybridized carbons (Fsp3) is 0.677. The quantitative estimate of drug-likeness (QED) is 0.371. The summed E-state index contributed by atoms with van der Waals surface area (Å²) in [6, 6.07) is 6.57. The van der Waals surface area contributed by atoms with Gasteiger partial charge in [-0.3, -0.25) is 19.3 Å². The summed E-state index contributed by atoms with van der Waals surface area (Å²) in [5, 5.41) is 16.6. The Hall–Kier alpha value is -3.22. The average Bonchev–Trinajstić information content (AvgIpc) is 3.02. The van der Waals surface area contributed by atoms with Crippen LogP contribution in [0.1, 0.15) is 57.8 Å². The van der Waals surface area contributed by atoms with Gasteiger partial charge in [-0.2, -0.15) is 0 Å². The van der Waals surface area contributed by atoms with Crippen molar-refractivity contribution in [3.8, 4) is 5.75 Å². The van der Waals surface area contributed by atoms with Crippen LogP contribution in [-0.2, 0) is 33.4 Å². The van der Waals surface area contributed by atoms with Crippen LogP contribution in [0, 0.1) is 5.92 Å². The molecule has 1 aromatic rings. The summed E-state index contributed by atoms with van der Waals surface area (Å²) in [7, 11) is 0. The Labute approximate surface area is 252 Å². The summed E-state index contributed by atoms with van der Waals surface area (Å²) in [6.07, 6.45) is 4.17. The van der Waals surface area contributed by atoms with E-state index >= 15 is 0 Å². The number of hydrogen-bond acceptors (Lipinski definition) is 10. The first-order chi connectivity index (χ1) is 20.9. The summed E-state index contributed by atoms with van der Waals surface area (Å²) in [5.41, 5.74) is 0. The van der Waals surface area contributed by atoms with Gasteiger partial charge in [-0.25, -0.2) is 4.79 Å². The maximum absolute atomic E-state index is 13.5. The summed E-state index contributed by atoms with van der Waals surface area (Å²) < 4.78 is 22.1. The number of esters is 2. The van der Waals surface area contributed by atoms with Gasteiger partial charge < -0.3 is 34.7 Å². The first-order valence-corrected chi connectivity index (χ1v) is 15.5. The van der Waals surface area contributed by atoms with Crippen molar-refractivity contribution in [2.24, 2.45) is 5.92 Å². The summed E-state index contributed by atoms with van der Waals surface area (Å²) in [6.45, 7) is 2.27. The first-order valence-electron chi connectivity index (χ1n) is 15.5. The second-order valence-electron chi connectivity index (χ2n) is 11.6. The predicted octanol–water partition coefficient (Wildman–Crippen LogP) is 1.34. The Morgan fingerprint density at radius 2 is 1.77 bits per heavy atom. The van der Waals surface area contributed by atoms with E-state index in [2.05, 4.69) is 15.5 Å². The van der Waals surface area contributed by atoms with Crippen LogP contribution in [0.2, 0.25) is 0 Å². The second kappa shape index (κ2) is 17.2. The molecule has 2 saturated heterocycles. The maximum atomic E-state index is 13.5. The van der Waals surface area contributed by atoms with Gasteiger partial charge in [0.25, 0.3) is 5.91 Å². The molecule has 2 unspecified atom stereocenters. The molecule has 1 aliphatic carbocycles. The van der Waals surface area contributed by atoms with Gasteiger partial charge in [-0.05, 0) is 37.3 Å². The van der Waals surface area contributed by atoms with E-state index in [-0.39, 0.29) is 18.9 Å². The molecule has 238 valence electrons. The van der Waals surface area contributed by atoms with Gasteiger partial charge in [0.1, 0.15) is 24.5 Å². The number of benzene rings is 1. The molecule has 2 heterocycles. The Bertz CT molecular complexity index is 1040. The molecule has 12 nitrogen and oxygen atoms in total. The van der Waals surface area contributed by atoms with E-state index in [1.807, 2.05) is 6.07 Å². The van der Waals surface area contributed by atoms with Crippen LogP contribution in [0.5, 0.6) is 5.75 Å². The number of aliphatic hydroxyl groups excluding tert-OH is 1. The zero-order valence-electron chi connectivity index (χ0n) is 24.7. The van der Waals surface area contributed by atoms with E-state index in [1.54, 1.807) is 24.3 Å². The second-order valence-corrected chi connectivity index (χ2v) is 11.6. The van der Waals surface area contributed by atoms with Gasteiger partial charge in [0, 0.05) is 26.1 Å². The number of amides is 2. The molecule has 0 spiro atoms. The minimum absolute atomic E-state index is 0.0451. The molecule has 43 heavy (non-hydrogen) atoms. The lowest BCUT2D eigenvalue weighted by atomic mass is 9.83. The predicted molar refractivity (Wildman–Crippen MR) is 155 cm³/mol. The zero-order valence-corrected chi connectivity index (χ0v) is 24.7. The molecule has 2 amide bonds. The van der Waals surface area contributed by atoms with Crippen LogP contribution in [-0.4, -0.2) is 104 Å². The van der Waals surface area contributed by atoms with E-state index in [9.17, 15) is 24.3 Å². The van der Waals surface area contributed by atoms with Crippen LogP contribution in [0.15, 0.2) is 30.3 Å². The molecule has 2 aliphatic heterocycles. The highest BCUT2D eigenvalue weighted by Crippen LogP contribution is 2.28. The molecule has 3 aliphatic rings. The van der Waals surface area contributed by atoms with Crippen LogP contribution < -0.4 is 15.4 Å².